The molecule has 1 rings (SSSR count). The highest BCUT2D eigenvalue weighted by Gasteiger charge is 2.26. The molecular weight excluding hydrogens is 246 g/mol. The zero-order chi connectivity index (χ0) is 14.1. The fraction of sp³-hybridized carbons (Fsp3) is 0.857. The third-order valence-corrected chi connectivity index (χ3v) is 3.68. The van der Waals surface area contributed by atoms with Gasteiger partial charge < -0.3 is 15.2 Å². The molecule has 1 unspecified atom stereocenters. The quantitative estimate of drug-likeness (QED) is 0.686. The van der Waals surface area contributed by atoms with Gasteiger partial charge in [-0.15, -0.1) is 0 Å². The molecule has 1 atom stereocenters. The summed E-state index contributed by atoms with van der Waals surface area (Å²) >= 11 is 0. The molecule has 0 bridgehead atoms. The van der Waals surface area contributed by atoms with Gasteiger partial charge in [0.1, 0.15) is 6.04 Å². The molecule has 5 nitrogen and oxygen atoms in total. The fourth-order valence-corrected chi connectivity index (χ4v) is 2.62. The van der Waals surface area contributed by atoms with Crippen LogP contribution in [-0.4, -0.2) is 36.7 Å². The normalized spacial score (nSPS) is 17.8. The summed E-state index contributed by atoms with van der Waals surface area (Å²) in [5, 5.41) is 11.4. The Morgan fingerprint density at radius 3 is 2.58 bits per heavy atom. The minimum absolute atomic E-state index is 0.0149. The van der Waals surface area contributed by atoms with E-state index < -0.39 is 6.04 Å². The van der Waals surface area contributed by atoms with Crippen LogP contribution in [0.5, 0.6) is 0 Å². The van der Waals surface area contributed by atoms with Gasteiger partial charge in [0.15, 0.2) is 0 Å². The van der Waals surface area contributed by atoms with E-state index in [0.29, 0.717) is 18.8 Å². The maximum absolute atomic E-state index is 11.7. The summed E-state index contributed by atoms with van der Waals surface area (Å²) in [5.74, 6) is -0.0702. The van der Waals surface area contributed by atoms with Crippen molar-refractivity contribution in [1.82, 2.24) is 5.32 Å². The van der Waals surface area contributed by atoms with Crippen molar-refractivity contribution in [2.24, 2.45) is 5.92 Å². The molecule has 1 aliphatic carbocycles. The van der Waals surface area contributed by atoms with Crippen LogP contribution in [-0.2, 0) is 14.3 Å². The standard InChI is InChI=1S/C14H25NO4/c1-19-14(18)12(15-13(17)8-5-9-16)10-11-6-3-2-4-7-11/h11-12,16H,2-10H2,1H3,(H,15,17). The van der Waals surface area contributed by atoms with Crippen molar-refractivity contribution >= 4 is 11.9 Å². The number of aliphatic hydroxyl groups is 1. The molecule has 0 aliphatic heterocycles. The van der Waals surface area contributed by atoms with Crippen LogP contribution in [0.25, 0.3) is 0 Å². The SMILES string of the molecule is COC(=O)C(CC1CCCCC1)NC(=O)CCCO. The summed E-state index contributed by atoms with van der Waals surface area (Å²) in [6, 6.07) is -0.542. The first kappa shape index (κ1) is 16.0. The highest BCUT2D eigenvalue weighted by atomic mass is 16.5. The Kier molecular flexibility index (Phi) is 7.48. The van der Waals surface area contributed by atoms with Crippen LogP contribution in [0.3, 0.4) is 0 Å². The van der Waals surface area contributed by atoms with E-state index in [1.54, 1.807) is 0 Å². The summed E-state index contributed by atoms with van der Waals surface area (Å²) in [5.41, 5.74) is 0. The number of aliphatic hydroxyl groups excluding tert-OH is 1. The summed E-state index contributed by atoms with van der Waals surface area (Å²) in [6.45, 7) is -0.0149. The van der Waals surface area contributed by atoms with Gasteiger partial charge in [0.25, 0.3) is 0 Å². The van der Waals surface area contributed by atoms with Crippen molar-refractivity contribution in [2.75, 3.05) is 13.7 Å². The lowest BCUT2D eigenvalue weighted by Gasteiger charge is -2.25. The zero-order valence-electron chi connectivity index (χ0n) is 11.7. The van der Waals surface area contributed by atoms with Gasteiger partial charge in [-0.2, -0.15) is 0 Å². The molecule has 2 N–H and O–H groups in total. The minimum Gasteiger partial charge on any atom is -0.467 e. The number of esters is 1. The Labute approximate surface area is 114 Å². The van der Waals surface area contributed by atoms with Gasteiger partial charge in [-0.3, -0.25) is 4.79 Å². The molecule has 0 aromatic rings. The number of methoxy groups -OCH3 is 1. The van der Waals surface area contributed by atoms with Gasteiger partial charge in [0.05, 0.1) is 7.11 Å². The number of rotatable bonds is 7. The molecule has 0 heterocycles. The molecule has 0 aromatic carbocycles. The van der Waals surface area contributed by atoms with Gasteiger partial charge >= 0.3 is 5.97 Å². The number of amides is 1. The molecule has 0 aromatic heterocycles. The summed E-state index contributed by atoms with van der Waals surface area (Å²) in [7, 11) is 1.34. The molecule has 110 valence electrons. The Morgan fingerprint density at radius 1 is 1.32 bits per heavy atom. The van der Waals surface area contributed by atoms with Gasteiger partial charge in [-0.1, -0.05) is 32.1 Å². The highest BCUT2D eigenvalue weighted by Crippen LogP contribution is 2.27. The molecule has 0 radical (unpaired) electrons. The number of ether oxygens (including phenoxy) is 1. The van der Waals surface area contributed by atoms with Crippen molar-refractivity contribution in [1.29, 1.82) is 0 Å². The zero-order valence-corrected chi connectivity index (χ0v) is 11.7. The third-order valence-electron chi connectivity index (χ3n) is 3.68. The van der Waals surface area contributed by atoms with Crippen molar-refractivity contribution in [2.45, 2.75) is 57.4 Å². The maximum atomic E-state index is 11.7. The first-order valence-corrected chi connectivity index (χ1v) is 7.15. The molecule has 1 aliphatic rings. The van der Waals surface area contributed by atoms with Crippen molar-refractivity contribution < 1.29 is 19.4 Å². The van der Waals surface area contributed by atoms with E-state index >= 15 is 0 Å². The monoisotopic (exact) mass is 271 g/mol. The molecule has 0 spiro atoms. The Bertz CT molecular complexity index is 287. The van der Waals surface area contributed by atoms with Gasteiger partial charge in [-0.25, -0.2) is 4.79 Å². The Morgan fingerprint density at radius 2 is 2.00 bits per heavy atom. The van der Waals surface area contributed by atoms with Crippen LogP contribution >= 0.6 is 0 Å². The molecule has 5 heteroatoms. The number of hydrogen-bond acceptors (Lipinski definition) is 4. The Hall–Kier alpha value is -1.10. The lowest BCUT2D eigenvalue weighted by molar-refractivity contribution is -0.145. The van der Waals surface area contributed by atoms with E-state index in [9.17, 15) is 9.59 Å². The predicted molar refractivity (Wildman–Crippen MR) is 71.5 cm³/mol. The van der Waals surface area contributed by atoms with Crippen molar-refractivity contribution in [3.05, 3.63) is 0 Å². The topological polar surface area (TPSA) is 75.6 Å². The molecule has 1 amide bonds. The van der Waals surface area contributed by atoms with E-state index in [2.05, 4.69) is 5.32 Å². The lowest BCUT2D eigenvalue weighted by Crippen LogP contribution is -2.43. The van der Waals surface area contributed by atoms with Crippen LogP contribution in [0.15, 0.2) is 0 Å². The molecule has 19 heavy (non-hydrogen) atoms. The summed E-state index contributed by atoms with van der Waals surface area (Å²) in [6.07, 6.45) is 7.26. The van der Waals surface area contributed by atoms with Gasteiger partial charge in [0, 0.05) is 13.0 Å². The second-order valence-electron chi connectivity index (χ2n) is 5.21. The van der Waals surface area contributed by atoms with Gasteiger partial charge in [-0.05, 0) is 18.8 Å². The van der Waals surface area contributed by atoms with E-state index in [4.69, 9.17) is 9.84 Å². The van der Waals surface area contributed by atoms with Crippen LogP contribution in [0.1, 0.15) is 51.4 Å². The lowest BCUT2D eigenvalue weighted by atomic mass is 9.85. The molecule has 0 saturated heterocycles. The number of nitrogens with one attached hydrogen (secondary N) is 1. The summed E-state index contributed by atoms with van der Waals surface area (Å²) < 4.78 is 4.76. The third kappa shape index (κ3) is 6.05. The number of hydrogen-bond donors (Lipinski definition) is 2. The largest absolute Gasteiger partial charge is 0.467 e. The van der Waals surface area contributed by atoms with Crippen molar-refractivity contribution in [3.8, 4) is 0 Å². The predicted octanol–water partition coefficient (Wildman–Crippen LogP) is 1.39. The second kappa shape index (κ2) is 8.91. The molecule has 1 fully saturated rings. The van der Waals surface area contributed by atoms with E-state index in [-0.39, 0.29) is 24.9 Å². The van der Waals surface area contributed by atoms with Gasteiger partial charge in [0.2, 0.25) is 5.91 Å². The highest BCUT2D eigenvalue weighted by molar-refractivity contribution is 5.84. The average Bonchev–Trinajstić information content (AvgIpc) is 2.44. The molecule has 1 saturated carbocycles. The van der Waals surface area contributed by atoms with Crippen LogP contribution < -0.4 is 5.32 Å². The number of carbonyl (C=O) groups is 2. The van der Waals surface area contributed by atoms with E-state index in [1.165, 1.54) is 26.4 Å². The first-order chi connectivity index (χ1) is 9.17. The fourth-order valence-electron chi connectivity index (χ4n) is 2.62. The number of carbonyl (C=O) groups excluding carboxylic acids is 2. The van der Waals surface area contributed by atoms with E-state index in [1.807, 2.05) is 0 Å². The summed E-state index contributed by atoms with van der Waals surface area (Å²) in [4.78, 5) is 23.4. The Balaban J connectivity index is 2.46. The average molecular weight is 271 g/mol. The van der Waals surface area contributed by atoms with E-state index in [0.717, 1.165) is 12.8 Å². The van der Waals surface area contributed by atoms with Crippen molar-refractivity contribution in [3.63, 3.8) is 0 Å². The first-order valence-electron chi connectivity index (χ1n) is 7.15. The van der Waals surface area contributed by atoms with Crippen LogP contribution in [0.4, 0.5) is 0 Å². The van der Waals surface area contributed by atoms with Crippen LogP contribution in [0, 0.1) is 5.92 Å². The molecular formula is C14H25NO4. The maximum Gasteiger partial charge on any atom is 0.328 e. The van der Waals surface area contributed by atoms with Crippen LogP contribution in [0.2, 0.25) is 0 Å². The second-order valence-corrected chi connectivity index (χ2v) is 5.21. The minimum atomic E-state index is -0.542. The smallest absolute Gasteiger partial charge is 0.328 e.